The summed E-state index contributed by atoms with van der Waals surface area (Å²) >= 11 is 0. The SMILES string of the molecule is C=CC(C)C1=CC(C(C=O)N(CCC)CCC)=CC=CC1. The average Bonchev–Trinajstić information content (AvgIpc) is 2.74. The second kappa shape index (κ2) is 9.51. The molecule has 2 heteroatoms. The summed E-state index contributed by atoms with van der Waals surface area (Å²) in [6.45, 7) is 12.3. The Morgan fingerprint density at radius 1 is 1.33 bits per heavy atom. The van der Waals surface area contributed by atoms with Crippen LogP contribution in [0.5, 0.6) is 0 Å². The van der Waals surface area contributed by atoms with Gasteiger partial charge < -0.3 is 4.79 Å². The van der Waals surface area contributed by atoms with E-state index in [9.17, 15) is 4.79 Å². The lowest BCUT2D eigenvalue weighted by molar-refractivity contribution is -0.111. The summed E-state index contributed by atoms with van der Waals surface area (Å²) in [5.41, 5.74) is 2.43. The van der Waals surface area contributed by atoms with Gasteiger partial charge in [-0.3, -0.25) is 4.90 Å². The third-order valence-corrected chi connectivity index (χ3v) is 3.95. The first kappa shape index (κ1) is 17.6. The summed E-state index contributed by atoms with van der Waals surface area (Å²) in [5.74, 6) is 0.342. The van der Waals surface area contributed by atoms with Crippen molar-refractivity contribution < 1.29 is 4.79 Å². The Hall–Kier alpha value is -1.41. The van der Waals surface area contributed by atoms with E-state index in [0.717, 1.165) is 44.2 Å². The van der Waals surface area contributed by atoms with Crippen molar-refractivity contribution in [3.05, 3.63) is 48.1 Å². The summed E-state index contributed by atoms with van der Waals surface area (Å²) in [4.78, 5) is 14.0. The third kappa shape index (κ3) is 5.13. The summed E-state index contributed by atoms with van der Waals surface area (Å²) in [6.07, 6.45) is 14.6. The van der Waals surface area contributed by atoms with Crippen molar-refractivity contribution in [3.8, 4) is 0 Å². The van der Waals surface area contributed by atoms with Crippen LogP contribution in [0.3, 0.4) is 0 Å². The van der Waals surface area contributed by atoms with Crippen LogP contribution in [0.25, 0.3) is 0 Å². The maximum Gasteiger partial charge on any atom is 0.141 e. The van der Waals surface area contributed by atoms with Gasteiger partial charge in [0.1, 0.15) is 6.29 Å². The molecule has 0 aromatic heterocycles. The molecule has 0 saturated carbocycles. The lowest BCUT2D eigenvalue weighted by atomic mass is 9.94. The van der Waals surface area contributed by atoms with E-state index in [-0.39, 0.29) is 6.04 Å². The number of hydrogen-bond acceptors (Lipinski definition) is 2. The molecule has 1 aliphatic carbocycles. The first-order valence-electron chi connectivity index (χ1n) is 8.06. The van der Waals surface area contributed by atoms with E-state index in [1.165, 1.54) is 5.57 Å². The lowest BCUT2D eigenvalue weighted by Crippen LogP contribution is -2.38. The van der Waals surface area contributed by atoms with Gasteiger partial charge in [0, 0.05) is 0 Å². The van der Waals surface area contributed by atoms with Crippen LogP contribution >= 0.6 is 0 Å². The third-order valence-electron chi connectivity index (χ3n) is 3.95. The molecule has 0 bridgehead atoms. The lowest BCUT2D eigenvalue weighted by Gasteiger charge is -2.28. The van der Waals surface area contributed by atoms with Crippen molar-refractivity contribution >= 4 is 6.29 Å². The maximum atomic E-state index is 11.7. The molecule has 0 aromatic rings. The second-order valence-electron chi connectivity index (χ2n) is 5.66. The van der Waals surface area contributed by atoms with Crippen molar-refractivity contribution in [1.29, 1.82) is 0 Å². The molecule has 21 heavy (non-hydrogen) atoms. The molecular formula is C19H29NO. The highest BCUT2D eigenvalue weighted by Crippen LogP contribution is 2.24. The van der Waals surface area contributed by atoms with Gasteiger partial charge in [0.25, 0.3) is 0 Å². The van der Waals surface area contributed by atoms with Gasteiger partial charge >= 0.3 is 0 Å². The molecule has 0 heterocycles. The molecule has 0 aromatic carbocycles. The summed E-state index contributed by atoms with van der Waals surface area (Å²) in [7, 11) is 0. The van der Waals surface area contributed by atoms with Crippen molar-refractivity contribution in [1.82, 2.24) is 4.90 Å². The molecule has 0 N–H and O–H groups in total. The molecule has 0 amide bonds. The molecule has 0 saturated heterocycles. The molecule has 1 aliphatic rings. The van der Waals surface area contributed by atoms with E-state index in [1.807, 2.05) is 6.08 Å². The van der Waals surface area contributed by atoms with E-state index >= 15 is 0 Å². The minimum atomic E-state index is -0.139. The number of carbonyl (C=O) groups is 1. The molecule has 0 fully saturated rings. The summed E-state index contributed by atoms with van der Waals surface area (Å²) < 4.78 is 0. The molecule has 2 atom stereocenters. The summed E-state index contributed by atoms with van der Waals surface area (Å²) in [5, 5.41) is 0. The molecule has 2 nitrogen and oxygen atoms in total. The number of nitrogens with zero attached hydrogens (tertiary/aromatic N) is 1. The van der Waals surface area contributed by atoms with Crippen LogP contribution in [0, 0.1) is 5.92 Å². The first-order chi connectivity index (χ1) is 10.2. The minimum Gasteiger partial charge on any atom is -0.301 e. The average molecular weight is 287 g/mol. The van der Waals surface area contributed by atoms with E-state index in [1.54, 1.807) is 0 Å². The van der Waals surface area contributed by atoms with Crippen LogP contribution in [0.4, 0.5) is 0 Å². The Morgan fingerprint density at radius 2 is 2.00 bits per heavy atom. The highest BCUT2D eigenvalue weighted by atomic mass is 16.1. The minimum absolute atomic E-state index is 0.139. The van der Waals surface area contributed by atoms with Crippen LogP contribution in [0.1, 0.15) is 40.0 Å². The van der Waals surface area contributed by atoms with E-state index in [0.29, 0.717) is 5.92 Å². The number of aldehydes is 1. The van der Waals surface area contributed by atoms with Gasteiger partial charge in [0.15, 0.2) is 0 Å². The summed E-state index contributed by atoms with van der Waals surface area (Å²) in [6, 6.07) is -0.139. The fraction of sp³-hybridized carbons (Fsp3) is 0.526. The predicted molar refractivity (Wildman–Crippen MR) is 91.3 cm³/mol. The van der Waals surface area contributed by atoms with Crippen molar-refractivity contribution in [2.75, 3.05) is 13.1 Å². The van der Waals surface area contributed by atoms with Crippen molar-refractivity contribution in [2.24, 2.45) is 5.92 Å². The highest BCUT2D eigenvalue weighted by Gasteiger charge is 2.20. The molecule has 0 radical (unpaired) electrons. The van der Waals surface area contributed by atoms with Gasteiger partial charge in [-0.2, -0.15) is 0 Å². The topological polar surface area (TPSA) is 20.3 Å². The predicted octanol–water partition coefficient (Wildman–Crippen LogP) is 4.31. The molecular weight excluding hydrogens is 258 g/mol. The van der Waals surface area contributed by atoms with E-state index in [2.05, 4.69) is 56.6 Å². The zero-order chi connectivity index (χ0) is 15.7. The van der Waals surface area contributed by atoms with Gasteiger partial charge in [-0.25, -0.2) is 0 Å². The van der Waals surface area contributed by atoms with Gasteiger partial charge in [0.05, 0.1) is 6.04 Å². The number of rotatable bonds is 9. The fourth-order valence-electron chi connectivity index (χ4n) is 2.70. The van der Waals surface area contributed by atoms with Crippen molar-refractivity contribution in [3.63, 3.8) is 0 Å². The Morgan fingerprint density at radius 3 is 2.52 bits per heavy atom. The largest absolute Gasteiger partial charge is 0.301 e. The molecule has 0 aliphatic heterocycles. The van der Waals surface area contributed by atoms with Gasteiger partial charge in [0.2, 0.25) is 0 Å². The zero-order valence-corrected chi connectivity index (χ0v) is 13.7. The van der Waals surface area contributed by atoms with Crippen LogP contribution in [-0.2, 0) is 4.79 Å². The zero-order valence-electron chi connectivity index (χ0n) is 13.7. The highest BCUT2D eigenvalue weighted by molar-refractivity contribution is 5.66. The first-order valence-corrected chi connectivity index (χ1v) is 8.06. The van der Waals surface area contributed by atoms with Gasteiger partial charge in [-0.05, 0) is 43.8 Å². The van der Waals surface area contributed by atoms with E-state index < -0.39 is 0 Å². The maximum absolute atomic E-state index is 11.7. The standard InChI is InChI=1S/C19H29NO/c1-5-12-20(13-6-2)19(15-21)18-11-9-8-10-17(14-18)16(4)7-3/h7-9,11,14-16,19H,3,5-6,10,12-13H2,1-2,4H3. The monoisotopic (exact) mass is 287 g/mol. The van der Waals surface area contributed by atoms with E-state index in [4.69, 9.17) is 0 Å². The Kier molecular flexibility index (Phi) is 7.99. The van der Waals surface area contributed by atoms with Crippen molar-refractivity contribution in [2.45, 2.75) is 46.1 Å². The Balaban J connectivity index is 3.05. The van der Waals surface area contributed by atoms with Crippen LogP contribution in [-0.4, -0.2) is 30.3 Å². The fourth-order valence-corrected chi connectivity index (χ4v) is 2.70. The number of hydrogen-bond donors (Lipinski definition) is 0. The molecule has 116 valence electrons. The van der Waals surface area contributed by atoms with Crippen LogP contribution < -0.4 is 0 Å². The Labute approximate surface area is 129 Å². The molecule has 0 spiro atoms. The van der Waals surface area contributed by atoms with Crippen LogP contribution in [0.15, 0.2) is 48.1 Å². The number of carbonyl (C=O) groups excluding carboxylic acids is 1. The second-order valence-corrected chi connectivity index (χ2v) is 5.66. The normalized spacial score (nSPS) is 17.7. The van der Waals surface area contributed by atoms with Gasteiger partial charge in [-0.1, -0.05) is 56.7 Å². The molecule has 1 rings (SSSR count). The number of allylic oxidation sites excluding steroid dienone is 5. The van der Waals surface area contributed by atoms with Crippen LogP contribution in [0.2, 0.25) is 0 Å². The quantitative estimate of drug-likeness (QED) is 0.465. The smallest absolute Gasteiger partial charge is 0.141 e. The molecule has 2 unspecified atom stereocenters. The van der Waals surface area contributed by atoms with Gasteiger partial charge in [-0.15, -0.1) is 6.58 Å². The Bertz CT molecular complexity index is 425.